The Kier molecular flexibility index (Phi) is 4.71. The lowest BCUT2D eigenvalue weighted by molar-refractivity contribution is -0.137. The summed E-state index contributed by atoms with van der Waals surface area (Å²) in [5.74, 6) is -0.365. The molecule has 0 N–H and O–H groups in total. The van der Waals surface area contributed by atoms with Crippen molar-refractivity contribution in [2.24, 2.45) is 0 Å². The van der Waals surface area contributed by atoms with Crippen LogP contribution in [0.2, 0.25) is 0 Å². The van der Waals surface area contributed by atoms with Crippen LogP contribution in [0.3, 0.4) is 0 Å². The first-order valence-corrected chi connectivity index (χ1v) is 7.97. The van der Waals surface area contributed by atoms with Gasteiger partial charge in [-0.2, -0.15) is 13.2 Å². The fourth-order valence-corrected chi connectivity index (χ4v) is 3.05. The van der Waals surface area contributed by atoms with E-state index >= 15 is 0 Å². The molecular formula is C19H18F3NO. The highest BCUT2D eigenvalue weighted by atomic mass is 19.4. The molecule has 2 nitrogen and oxygen atoms in total. The molecule has 1 heterocycles. The summed E-state index contributed by atoms with van der Waals surface area (Å²) in [6.07, 6.45) is -2.17. The molecule has 0 aromatic heterocycles. The minimum Gasteiger partial charge on any atom is -0.299 e. The Hall–Kier alpha value is -2.14. The summed E-state index contributed by atoms with van der Waals surface area (Å²) in [5.41, 5.74) is 0.606. The molecule has 0 saturated carbocycles. The molecule has 1 saturated heterocycles. The van der Waals surface area contributed by atoms with Crippen molar-refractivity contribution < 1.29 is 18.0 Å². The predicted molar refractivity (Wildman–Crippen MR) is 85.8 cm³/mol. The van der Waals surface area contributed by atoms with Crippen LogP contribution in [0.15, 0.2) is 48.5 Å². The Bertz CT molecular complexity index is 733. The van der Waals surface area contributed by atoms with Gasteiger partial charge in [0.1, 0.15) is 0 Å². The van der Waals surface area contributed by atoms with Crippen LogP contribution in [-0.4, -0.2) is 23.8 Å². The maximum Gasteiger partial charge on any atom is 0.416 e. The van der Waals surface area contributed by atoms with Gasteiger partial charge in [-0.1, -0.05) is 36.4 Å². The minimum absolute atomic E-state index is 0.0682. The van der Waals surface area contributed by atoms with E-state index in [-0.39, 0.29) is 11.3 Å². The molecule has 2 aromatic carbocycles. The zero-order chi connectivity index (χ0) is 17.2. The fourth-order valence-electron chi connectivity index (χ4n) is 3.05. The van der Waals surface area contributed by atoms with Crippen molar-refractivity contribution in [3.8, 4) is 0 Å². The van der Waals surface area contributed by atoms with E-state index in [4.69, 9.17) is 0 Å². The van der Waals surface area contributed by atoms with Gasteiger partial charge in [-0.15, -0.1) is 0 Å². The lowest BCUT2D eigenvalue weighted by Crippen LogP contribution is -2.20. The Morgan fingerprint density at radius 2 is 1.71 bits per heavy atom. The van der Waals surface area contributed by atoms with Crippen molar-refractivity contribution in [2.45, 2.75) is 25.6 Å². The molecular weight excluding hydrogens is 315 g/mol. The summed E-state index contributed by atoms with van der Waals surface area (Å²) in [6, 6.07) is 11.8. The number of benzene rings is 2. The van der Waals surface area contributed by atoms with Crippen LogP contribution < -0.4 is 0 Å². The predicted octanol–water partition coefficient (Wildman–Crippen LogP) is 4.53. The average molecular weight is 333 g/mol. The SMILES string of the molecule is O=C(c1cccc(C(F)(F)F)c1)c1ccccc1CN1CCCC1. The maximum absolute atomic E-state index is 12.9. The Balaban J connectivity index is 1.90. The molecule has 0 radical (unpaired) electrons. The number of hydrogen-bond donors (Lipinski definition) is 0. The van der Waals surface area contributed by atoms with Crippen LogP contribution in [0.25, 0.3) is 0 Å². The third-order valence-corrected chi connectivity index (χ3v) is 4.31. The van der Waals surface area contributed by atoms with Gasteiger partial charge in [0.05, 0.1) is 5.56 Å². The first-order valence-electron chi connectivity index (χ1n) is 7.97. The van der Waals surface area contributed by atoms with E-state index in [0.29, 0.717) is 12.1 Å². The van der Waals surface area contributed by atoms with Gasteiger partial charge in [0.15, 0.2) is 5.78 Å². The van der Waals surface area contributed by atoms with Gasteiger partial charge in [-0.05, 0) is 43.6 Å². The molecule has 0 bridgehead atoms. The number of carbonyl (C=O) groups is 1. The molecule has 24 heavy (non-hydrogen) atoms. The quantitative estimate of drug-likeness (QED) is 0.766. The van der Waals surface area contributed by atoms with Crippen molar-refractivity contribution in [3.05, 3.63) is 70.8 Å². The van der Waals surface area contributed by atoms with E-state index in [9.17, 15) is 18.0 Å². The second-order valence-electron chi connectivity index (χ2n) is 6.05. The van der Waals surface area contributed by atoms with Crippen LogP contribution in [0.5, 0.6) is 0 Å². The Morgan fingerprint density at radius 3 is 2.42 bits per heavy atom. The highest BCUT2D eigenvalue weighted by Gasteiger charge is 2.31. The van der Waals surface area contributed by atoms with Gasteiger partial charge < -0.3 is 0 Å². The van der Waals surface area contributed by atoms with E-state index in [0.717, 1.165) is 43.6 Å². The molecule has 0 spiro atoms. The molecule has 1 fully saturated rings. The normalized spacial score (nSPS) is 15.6. The fraction of sp³-hybridized carbons (Fsp3) is 0.316. The van der Waals surface area contributed by atoms with Gasteiger partial charge >= 0.3 is 6.18 Å². The highest BCUT2D eigenvalue weighted by molar-refractivity contribution is 6.10. The molecule has 0 aliphatic carbocycles. The zero-order valence-electron chi connectivity index (χ0n) is 13.1. The Morgan fingerprint density at radius 1 is 1.00 bits per heavy atom. The van der Waals surface area contributed by atoms with Crippen molar-refractivity contribution in [2.75, 3.05) is 13.1 Å². The number of nitrogens with zero attached hydrogens (tertiary/aromatic N) is 1. The van der Waals surface area contributed by atoms with Gasteiger partial charge in [-0.25, -0.2) is 0 Å². The Labute approximate surface area is 138 Å². The van der Waals surface area contributed by atoms with Gasteiger partial charge in [0.2, 0.25) is 0 Å². The van der Waals surface area contributed by atoms with Crippen molar-refractivity contribution in [1.82, 2.24) is 4.90 Å². The topological polar surface area (TPSA) is 20.3 Å². The standard InChI is InChI=1S/C19H18F3NO/c20-19(21,22)16-8-5-7-14(12-16)18(24)17-9-2-1-6-15(17)13-23-10-3-4-11-23/h1-2,5-9,12H,3-4,10-11,13H2. The smallest absolute Gasteiger partial charge is 0.299 e. The summed E-state index contributed by atoms with van der Waals surface area (Å²) in [6.45, 7) is 2.64. The van der Waals surface area contributed by atoms with E-state index in [1.54, 1.807) is 12.1 Å². The number of carbonyl (C=O) groups excluding carboxylic acids is 1. The van der Waals surface area contributed by atoms with Crippen LogP contribution in [-0.2, 0) is 12.7 Å². The number of alkyl halides is 3. The first-order chi connectivity index (χ1) is 11.4. The molecule has 0 unspecified atom stereocenters. The molecule has 3 rings (SSSR count). The summed E-state index contributed by atoms with van der Waals surface area (Å²) >= 11 is 0. The summed E-state index contributed by atoms with van der Waals surface area (Å²) < 4.78 is 38.6. The van der Waals surface area contributed by atoms with E-state index in [1.165, 1.54) is 12.1 Å². The van der Waals surface area contributed by atoms with Crippen molar-refractivity contribution in [3.63, 3.8) is 0 Å². The molecule has 126 valence electrons. The lowest BCUT2D eigenvalue weighted by Gasteiger charge is -2.17. The first kappa shape index (κ1) is 16.7. The molecule has 1 aliphatic heterocycles. The summed E-state index contributed by atoms with van der Waals surface area (Å²) in [5, 5.41) is 0. The summed E-state index contributed by atoms with van der Waals surface area (Å²) in [4.78, 5) is 15.0. The maximum atomic E-state index is 12.9. The van der Waals surface area contributed by atoms with Crippen LogP contribution in [0, 0.1) is 0 Å². The number of hydrogen-bond acceptors (Lipinski definition) is 2. The lowest BCUT2D eigenvalue weighted by atomic mass is 9.97. The molecule has 0 atom stereocenters. The third-order valence-electron chi connectivity index (χ3n) is 4.31. The molecule has 0 amide bonds. The van der Waals surface area contributed by atoms with Crippen molar-refractivity contribution in [1.29, 1.82) is 0 Å². The molecule has 5 heteroatoms. The van der Waals surface area contributed by atoms with Crippen LogP contribution >= 0.6 is 0 Å². The highest BCUT2D eigenvalue weighted by Crippen LogP contribution is 2.30. The summed E-state index contributed by atoms with van der Waals surface area (Å²) in [7, 11) is 0. The zero-order valence-corrected chi connectivity index (χ0v) is 13.1. The third kappa shape index (κ3) is 3.67. The van der Waals surface area contributed by atoms with Gasteiger partial charge in [0, 0.05) is 17.7 Å². The van der Waals surface area contributed by atoms with E-state index in [2.05, 4.69) is 4.90 Å². The van der Waals surface area contributed by atoms with E-state index < -0.39 is 11.7 Å². The molecule has 1 aliphatic rings. The van der Waals surface area contributed by atoms with E-state index in [1.807, 2.05) is 12.1 Å². The number of likely N-dealkylation sites (tertiary alicyclic amines) is 1. The van der Waals surface area contributed by atoms with Crippen molar-refractivity contribution >= 4 is 5.78 Å². The van der Waals surface area contributed by atoms with Crippen LogP contribution in [0.4, 0.5) is 13.2 Å². The number of ketones is 1. The second kappa shape index (κ2) is 6.77. The number of halogens is 3. The minimum atomic E-state index is -4.45. The molecule has 2 aromatic rings. The monoisotopic (exact) mass is 333 g/mol. The van der Waals surface area contributed by atoms with Gasteiger partial charge in [0.25, 0.3) is 0 Å². The average Bonchev–Trinajstić information content (AvgIpc) is 3.07. The van der Waals surface area contributed by atoms with Gasteiger partial charge in [-0.3, -0.25) is 9.69 Å². The van der Waals surface area contributed by atoms with Crippen LogP contribution in [0.1, 0.15) is 39.9 Å². The number of rotatable bonds is 4. The largest absolute Gasteiger partial charge is 0.416 e. The second-order valence-corrected chi connectivity index (χ2v) is 6.05.